The summed E-state index contributed by atoms with van der Waals surface area (Å²) >= 11 is 0. The third kappa shape index (κ3) is 2.64. The van der Waals surface area contributed by atoms with E-state index in [0.29, 0.717) is 6.54 Å². The third-order valence-electron chi connectivity index (χ3n) is 4.82. The molecule has 0 saturated carbocycles. The number of benzene rings is 1. The Hall–Kier alpha value is -2.14. The molecule has 3 atom stereocenters. The average Bonchev–Trinajstić information content (AvgIpc) is 2.97. The lowest BCUT2D eigenvalue weighted by atomic mass is 9.94. The molecule has 1 aromatic carbocycles. The molecule has 1 saturated heterocycles. The van der Waals surface area contributed by atoms with Crippen molar-refractivity contribution in [3.63, 3.8) is 0 Å². The predicted octanol–water partition coefficient (Wildman–Crippen LogP) is 0.519. The lowest BCUT2D eigenvalue weighted by Gasteiger charge is -2.31. The molecule has 22 heavy (non-hydrogen) atoms. The second-order valence-corrected chi connectivity index (χ2v) is 6.19. The summed E-state index contributed by atoms with van der Waals surface area (Å²) in [5.41, 5.74) is 7.14. The van der Waals surface area contributed by atoms with Crippen LogP contribution in [0.3, 0.4) is 0 Å². The van der Waals surface area contributed by atoms with Gasteiger partial charge in [0.1, 0.15) is 6.04 Å². The Morgan fingerprint density at radius 3 is 2.91 bits per heavy atom. The Morgan fingerprint density at radius 1 is 1.36 bits per heavy atom. The summed E-state index contributed by atoms with van der Waals surface area (Å²) in [4.78, 5) is 28.6. The molecular formula is C17H22N3O2+. The Balaban J connectivity index is 1.81. The van der Waals surface area contributed by atoms with Gasteiger partial charge < -0.3 is 15.6 Å². The molecule has 116 valence electrons. The van der Waals surface area contributed by atoms with E-state index in [1.165, 1.54) is 0 Å². The van der Waals surface area contributed by atoms with Gasteiger partial charge in [0.05, 0.1) is 19.0 Å². The second kappa shape index (κ2) is 5.93. The molecule has 5 heteroatoms. The maximum atomic E-state index is 12.8. The largest absolute Gasteiger partial charge is 0.369 e. The van der Waals surface area contributed by atoms with E-state index >= 15 is 0 Å². The van der Waals surface area contributed by atoms with Crippen LogP contribution in [0, 0.1) is 5.92 Å². The van der Waals surface area contributed by atoms with Crippen LogP contribution in [-0.4, -0.2) is 35.8 Å². The summed E-state index contributed by atoms with van der Waals surface area (Å²) in [5, 5.41) is 0.960. The van der Waals surface area contributed by atoms with Crippen LogP contribution < -0.4 is 10.6 Å². The number of H-pyrrole nitrogens is 1. The number of nitrogens with two attached hydrogens (primary N) is 1. The van der Waals surface area contributed by atoms with Crippen LogP contribution in [0.25, 0.3) is 10.9 Å². The van der Waals surface area contributed by atoms with Crippen molar-refractivity contribution in [1.29, 1.82) is 0 Å². The van der Waals surface area contributed by atoms with Gasteiger partial charge >= 0.3 is 0 Å². The van der Waals surface area contributed by atoms with Crippen molar-refractivity contribution in [3.05, 3.63) is 36.0 Å². The zero-order valence-corrected chi connectivity index (χ0v) is 12.8. The van der Waals surface area contributed by atoms with Crippen LogP contribution >= 0.6 is 0 Å². The number of amides is 1. The number of para-hydroxylation sites is 1. The number of fused-ring (bicyclic) bond motifs is 1. The van der Waals surface area contributed by atoms with Crippen molar-refractivity contribution in [2.45, 2.75) is 25.8 Å². The number of rotatable bonds is 4. The van der Waals surface area contributed by atoms with Gasteiger partial charge in [-0.1, -0.05) is 18.2 Å². The number of primary amides is 1. The molecule has 1 amide bonds. The number of likely N-dealkylation sites (tertiary alicyclic amines) is 1. The highest BCUT2D eigenvalue weighted by Crippen LogP contribution is 2.19. The van der Waals surface area contributed by atoms with Gasteiger partial charge in [-0.2, -0.15) is 0 Å². The molecule has 0 bridgehead atoms. The van der Waals surface area contributed by atoms with E-state index in [9.17, 15) is 9.59 Å². The van der Waals surface area contributed by atoms with Crippen LogP contribution in [-0.2, 0) is 4.79 Å². The van der Waals surface area contributed by atoms with Gasteiger partial charge in [-0.25, -0.2) is 0 Å². The van der Waals surface area contributed by atoms with Crippen molar-refractivity contribution in [3.8, 4) is 0 Å². The van der Waals surface area contributed by atoms with E-state index in [2.05, 4.69) is 4.98 Å². The van der Waals surface area contributed by atoms with E-state index in [1.807, 2.05) is 31.2 Å². The van der Waals surface area contributed by atoms with Crippen molar-refractivity contribution < 1.29 is 14.5 Å². The molecule has 1 fully saturated rings. The minimum atomic E-state index is -0.246. The SMILES string of the molecule is C[C@@H](C(=O)c1c[nH]c2ccccc12)[NH+]1CCC[C@H](C(N)=O)C1. The maximum Gasteiger partial charge on any atom is 0.226 e. The number of carbonyl (C=O) groups is 2. The Morgan fingerprint density at radius 2 is 2.14 bits per heavy atom. The fraction of sp³-hybridized carbons (Fsp3) is 0.412. The van der Waals surface area contributed by atoms with E-state index in [-0.39, 0.29) is 23.7 Å². The molecule has 1 aliphatic rings. The number of hydrogen-bond donors (Lipinski definition) is 3. The standard InChI is InChI=1S/C17H21N3O2/c1-11(20-8-4-5-12(10-20)17(18)22)16(21)14-9-19-15-7-3-2-6-13(14)15/h2-3,6-7,9,11-12,19H,4-5,8,10H2,1H3,(H2,18,22)/p+1/t11-,12-/m0/s1. The predicted molar refractivity (Wildman–Crippen MR) is 84.7 cm³/mol. The zero-order valence-electron chi connectivity index (χ0n) is 12.8. The molecule has 1 aromatic heterocycles. The molecule has 2 heterocycles. The first-order chi connectivity index (χ1) is 10.6. The van der Waals surface area contributed by atoms with Crippen molar-refractivity contribution in [2.24, 2.45) is 11.7 Å². The number of piperidine rings is 1. The molecule has 3 rings (SSSR count). The molecule has 1 unspecified atom stereocenters. The van der Waals surface area contributed by atoms with Crippen LogP contribution in [0.15, 0.2) is 30.5 Å². The number of quaternary nitrogens is 1. The molecule has 1 aliphatic heterocycles. The lowest BCUT2D eigenvalue weighted by Crippen LogP contribution is -3.18. The van der Waals surface area contributed by atoms with Gasteiger partial charge in [0.15, 0.2) is 0 Å². The smallest absolute Gasteiger partial charge is 0.226 e. The summed E-state index contributed by atoms with van der Waals surface area (Å²) in [6.45, 7) is 3.52. The first kappa shape index (κ1) is 14.8. The van der Waals surface area contributed by atoms with Gasteiger partial charge in [0.25, 0.3) is 0 Å². The molecule has 2 aromatic rings. The number of Topliss-reactive ketones (excluding diaryl/α,β-unsaturated/α-hetero) is 1. The number of nitrogens with one attached hydrogen (secondary N) is 2. The molecular weight excluding hydrogens is 278 g/mol. The molecule has 5 nitrogen and oxygen atoms in total. The molecule has 4 N–H and O–H groups in total. The normalized spacial score (nSPS) is 23.3. The lowest BCUT2D eigenvalue weighted by molar-refractivity contribution is -0.920. The summed E-state index contributed by atoms with van der Waals surface area (Å²) in [7, 11) is 0. The van der Waals surface area contributed by atoms with Crippen molar-refractivity contribution in [2.75, 3.05) is 13.1 Å². The number of hydrogen-bond acceptors (Lipinski definition) is 2. The van der Waals surface area contributed by atoms with Crippen LogP contribution in [0.1, 0.15) is 30.1 Å². The Bertz CT molecular complexity index is 707. The first-order valence-electron chi connectivity index (χ1n) is 7.82. The number of carbonyl (C=O) groups excluding carboxylic acids is 2. The van der Waals surface area contributed by atoms with Gasteiger partial charge in [0.2, 0.25) is 11.7 Å². The topological polar surface area (TPSA) is 80.4 Å². The van der Waals surface area contributed by atoms with Gasteiger partial charge in [0, 0.05) is 22.7 Å². The van der Waals surface area contributed by atoms with Gasteiger partial charge in [-0.15, -0.1) is 0 Å². The molecule has 0 spiro atoms. The van der Waals surface area contributed by atoms with E-state index in [4.69, 9.17) is 5.73 Å². The number of aromatic nitrogens is 1. The Kier molecular flexibility index (Phi) is 3.98. The highest BCUT2D eigenvalue weighted by Gasteiger charge is 2.34. The van der Waals surface area contributed by atoms with Crippen LogP contribution in [0.2, 0.25) is 0 Å². The van der Waals surface area contributed by atoms with Crippen molar-refractivity contribution >= 4 is 22.6 Å². The van der Waals surface area contributed by atoms with Gasteiger partial charge in [-0.3, -0.25) is 9.59 Å². The monoisotopic (exact) mass is 300 g/mol. The highest BCUT2D eigenvalue weighted by molar-refractivity contribution is 6.09. The highest BCUT2D eigenvalue weighted by atomic mass is 16.1. The summed E-state index contributed by atoms with van der Waals surface area (Å²) in [6.07, 6.45) is 3.57. The quantitative estimate of drug-likeness (QED) is 0.720. The maximum absolute atomic E-state index is 12.8. The van der Waals surface area contributed by atoms with Gasteiger partial charge in [-0.05, 0) is 25.8 Å². The second-order valence-electron chi connectivity index (χ2n) is 6.19. The average molecular weight is 300 g/mol. The minimum absolute atomic E-state index is 0.109. The first-order valence-corrected chi connectivity index (χ1v) is 7.82. The zero-order chi connectivity index (χ0) is 15.7. The Labute approximate surface area is 129 Å². The number of ketones is 1. The molecule has 0 radical (unpaired) electrons. The molecule has 0 aliphatic carbocycles. The fourth-order valence-electron chi connectivity index (χ4n) is 3.43. The minimum Gasteiger partial charge on any atom is -0.369 e. The van der Waals surface area contributed by atoms with E-state index < -0.39 is 0 Å². The van der Waals surface area contributed by atoms with Crippen LogP contribution in [0.4, 0.5) is 0 Å². The summed E-state index contributed by atoms with van der Waals surface area (Å²) < 4.78 is 0. The number of aromatic amines is 1. The van der Waals surface area contributed by atoms with E-state index in [0.717, 1.165) is 40.8 Å². The summed E-state index contributed by atoms with van der Waals surface area (Å²) in [5.74, 6) is -0.233. The van der Waals surface area contributed by atoms with Crippen LogP contribution in [0.5, 0.6) is 0 Å². The van der Waals surface area contributed by atoms with E-state index in [1.54, 1.807) is 6.20 Å². The van der Waals surface area contributed by atoms with Crippen molar-refractivity contribution in [1.82, 2.24) is 4.98 Å². The summed E-state index contributed by atoms with van der Waals surface area (Å²) in [6, 6.07) is 7.65. The fourth-order valence-corrected chi connectivity index (χ4v) is 3.43. The third-order valence-corrected chi connectivity index (χ3v) is 4.82.